The Morgan fingerprint density at radius 2 is 1.70 bits per heavy atom. The standard InChI is InChI=1S/C20H22N2O5/c1-24-15-5-3-13(11-17(15)25-2)20(7-8-20)22-19(23)21-14-4-6-16-18(12-14)27-10-9-26-16/h3-6,11-12H,7-10H2,1-2H3,(H2,21,22,23). The maximum absolute atomic E-state index is 12.5. The number of carbonyl (C=O) groups is 1. The van der Waals surface area contributed by atoms with Gasteiger partial charge >= 0.3 is 6.03 Å². The van der Waals surface area contributed by atoms with E-state index in [0.717, 1.165) is 18.4 Å². The topological polar surface area (TPSA) is 78.1 Å². The molecule has 7 nitrogen and oxygen atoms in total. The molecule has 0 saturated heterocycles. The van der Waals surface area contributed by atoms with Crippen LogP contribution in [0.3, 0.4) is 0 Å². The normalized spacial score (nSPS) is 16.2. The van der Waals surface area contributed by atoms with E-state index in [2.05, 4.69) is 10.6 Å². The summed E-state index contributed by atoms with van der Waals surface area (Å²) in [6.45, 7) is 1.04. The van der Waals surface area contributed by atoms with Gasteiger partial charge in [-0.15, -0.1) is 0 Å². The van der Waals surface area contributed by atoms with Crippen molar-refractivity contribution < 1.29 is 23.7 Å². The summed E-state index contributed by atoms with van der Waals surface area (Å²) in [4.78, 5) is 12.5. The summed E-state index contributed by atoms with van der Waals surface area (Å²) in [5, 5.41) is 5.95. The zero-order chi connectivity index (χ0) is 18.9. The van der Waals surface area contributed by atoms with E-state index in [4.69, 9.17) is 18.9 Å². The van der Waals surface area contributed by atoms with Gasteiger partial charge in [0.05, 0.1) is 19.8 Å². The lowest BCUT2D eigenvalue weighted by molar-refractivity contribution is 0.171. The van der Waals surface area contributed by atoms with Gasteiger partial charge in [-0.05, 0) is 42.7 Å². The Morgan fingerprint density at radius 3 is 2.41 bits per heavy atom. The molecule has 2 amide bonds. The molecule has 2 aromatic carbocycles. The van der Waals surface area contributed by atoms with Gasteiger partial charge in [0.1, 0.15) is 13.2 Å². The molecule has 1 saturated carbocycles. The van der Waals surface area contributed by atoms with E-state index in [0.29, 0.717) is 41.9 Å². The minimum Gasteiger partial charge on any atom is -0.493 e. The van der Waals surface area contributed by atoms with Crippen LogP contribution in [0.25, 0.3) is 0 Å². The molecule has 2 N–H and O–H groups in total. The number of hydrogen-bond acceptors (Lipinski definition) is 5. The molecule has 0 bridgehead atoms. The molecule has 2 aromatic rings. The highest BCUT2D eigenvalue weighted by Gasteiger charge is 2.46. The van der Waals surface area contributed by atoms with Crippen LogP contribution in [0, 0.1) is 0 Å². The van der Waals surface area contributed by atoms with Gasteiger partial charge in [-0.1, -0.05) is 6.07 Å². The predicted octanol–water partition coefficient (Wildman–Crippen LogP) is 3.29. The molecule has 7 heteroatoms. The lowest BCUT2D eigenvalue weighted by Gasteiger charge is -2.21. The molecule has 0 unspecified atom stereocenters. The summed E-state index contributed by atoms with van der Waals surface area (Å²) < 4.78 is 21.7. The van der Waals surface area contributed by atoms with Gasteiger partial charge in [-0.3, -0.25) is 0 Å². The van der Waals surface area contributed by atoms with Crippen LogP contribution in [0.5, 0.6) is 23.0 Å². The second kappa shape index (κ2) is 6.90. The van der Waals surface area contributed by atoms with Crippen molar-refractivity contribution in [2.75, 3.05) is 32.8 Å². The third kappa shape index (κ3) is 3.45. The van der Waals surface area contributed by atoms with Crippen LogP contribution < -0.4 is 29.6 Å². The van der Waals surface area contributed by atoms with E-state index >= 15 is 0 Å². The van der Waals surface area contributed by atoms with Gasteiger partial charge in [0.2, 0.25) is 0 Å². The minimum absolute atomic E-state index is 0.265. The van der Waals surface area contributed by atoms with Gasteiger partial charge in [0, 0.05) is 11.8 Å². The number of nitrogens with one attached hydrogen (secondary N) is 2. The van der Waals surface area contributed by atoms with E-state index < -0.39 is 0 Å². The van der Waals surface area contributed by atoms with Crippen molar-refractivity contribution in [3.63, 3.8) is 0 Å². The van der Waals surface area contributed by atoms with Crippen LogP contribution in [0.2, 0.25) is 0 Å². The monoisotopic (exact) mass is 370 g/mol. The first-order valence-electron chi connectivity index (χ1n) is 8.85. The molecule has 1 fully saturated rings. The fraction of sp³-hybridized carbons (Fsp3) is 0.350. The van der Waals surface area contributed by atoms with Gasteiger partial charge in [-0.2, -0.15) is 0 Å². The second-order valence-electron chi connectivity index (χ2n) is 6.59. The van der Waals surface area contributed by atoms with Crippen molar-refractivity contribution >= 4 is 11.7 Å². The lowest BCUT2D eigenvalue weighted by atomic mass is 10.0. The first-order chi connectivity index (χ1) is 13.1. The molecule has 1 aliphatic carbocycles. The van der Waals surface area contributed by atoms with E-state index in [1.54, 1.807) is 32.4 Å². The summed E-state index contributed by atoms with van der Waals surface area (Å²) in [7, 11) is 3.20. The van der Waals surface area contributed by atoms with Crippen molar-refractivity contribution in [2.24, 2.45) is 0 Å². The smallest absolute Gasteiger partial charge is 0.319 e. The molecule has 0 radical (unpaired) electrons. The Hall–Kier alpha value is -3.09. The Bertz CT molecular complexity index is 863. The maximum Gasteiger partial charge on any atom is 0.319 e. The maximum atomic E-state index is 12.5. The first-order valence-corrected chi connectivity index (χ1v) is 8.85. The molecule has 2 aliphatic rings. The highest BCUT2D eigenvalue weighted by Crippen LogP contribution is 2.47. The van der Waals surface area contributed by atoms with Gasteiger partial charge in [-0.25, -0.2) is 4.79 Å². The van der Waals surface area contributed by atoms with Crippen molar-refractivity contribution in [2.45, 2.75) is 18.4 Å². The number of hydrogen-bond donors (Lipinski definition) is 2. The zero-order valence-electron chi connectivity index (χ0n) is 15.3. The SMILES string of the molecule is COc1ccc(C2(NC(=O)Nc3ccc4c(c3)OCCO4)CC2)cc1OC. The van der Waals surface area contributed by atoms with Crippen LogP contribution in [-0.2, 0) is 5.54 Å². The fourth-order valence-corrected chi connectivity index (χ4v) is 3.25. The van der Waals surface area contributed by atoms with E-state index in [9.17, 15) is 4.79 Å². The number of anilines is 1. The van der Waals surface area contributed by atoms with E-state index in [1.165, 1.54) is 0 Å². The first kappa shape index (κ1) is 17.3. The number of methoxy groups -OCH3 is 2. The summed E-state index contributed by atoms with van der Waals surface area (Å²) in [6.07, 6.45) is 1.74. The minimum atomic E-state index is -0.378. The quantitative estimate of drug-likeness (QED) is 0.845. The predicted molar refractivity (Wildman–Crippen MR) is 100 cm³/mol. The number of carbonyl (C=O) groups excluding carboxylic acids is 1. The summed E-state index contributed by atoms with van der Waals surface area (Å²) in [5.74, 6) is 2.64. The molecular weight excluding hydrogens is 348 g/mol. The average molecular weight is 370 g/mol. The largest absolute Gasteiger partial charge is 0.493 e. The lowest BCUT2D eigenvalue weighted by Crippen LogP contribution is -2.38. The Kier molecular flexibility index (Phi) is 4.43. The highest BCUT2D eigenvalue weighted by atomic mass is 16.6. The third-order valence-corrected chi connectivity index (χ3v) is 4.84. The molecule has 0 atom stereocenters. The third-order valence-electron chi connectivity index (χ3n) is 4.84. The Morgan fingerprint density at radius 1 is 0.963 bits per heavy atom. The number of fused-ring (bicyclic) bond motifs is 1. The zero-order valence-corrected chi connectivity index (χ0v) is 15.3. The number of urea groups is 1. The average Bonchev–Trinajstić information content (AvgIpc) is 3.47. The summed E-state index contributed by atoms with van der Waals surface area (Å²) in [6, 6.07) is 10.8. The van der Waals surface area contributed by atoms with Crippen molar-refractivity contribution in [3.8, 4) is 23.0 Å². The second-order valence-corrected chi connectivity index (χ2v) is 6.59. The molecule has 0 aromatic heterocycles. The number of amides is 2. The van der Waals surface area contributed by atoms with Crippen LogP contribution in [-0.4, -0.2) is 33.5 Å². The Balaban J connectivity index is 1.46. The summed E-state index contributed by atoms with van der Waals surface area (Å²) in [5.41, 5.74) is 1.27. The molecule has 27 heavy (non-hydrogen) atoms. The van der Waals surface area contributed by atoms with Gasteiger partial charge < -0.3 is 29.6 Å². The fourth-order valence-electron chi connectivity index (χ4n) is 3.25. The number of benzene rings is 2. The summed E-state index contributed by atoms with van der Waals surface area (Å²) >= 11 is 0. The molecule has 142 valence electrons. The van der Waals surface area contributed by atoms with Gasteiger partial charge in [0.15, 0.2) is 23.0 Å². The van der Waals surface area contributed by atoms with Crippen LogP contribution in [0.15, 0.2) is 36.4 Å². The molecule has 4 rings (SSSR count). The highest BCUT2D eigenvalue weighted by molar-refractivity contribution is 5.90. The molecule has 1 heterocycles. The van der Waals surface area contributed by atoms with E-state index in [1.807, 2.05) is 18.2 Å². The van der Waals surface area contributed by atoms with Crippen LogP contribution in [0.1, 0.15) is 18.4 Å². The van der Waals surface area contributed by atoms with Crippen molar-refractivity contribution in [1.82, 2.24) is 5.32 Å². The van der Waals surface area contributed by atoms with Crippen LogP contribution >= 0.6 is 0 Å². The van der Waals surface area contributed by atoms with Crippen molar-refractivity contribution in [1.29, 1.82) is 0 Å². The molecular formula is C20H22N2O5. The van der Waals surface area contributed by atoms with E-state index in [-0.39, 0.29) is 11.6 Å². The number of rotatable bonds is 5. The van der Waals surface area contributed by atoms with Crippen molar-refractivity contribution in [3.05, 3.63) is 42.0 Å². The molecule has 0 spiro atoms. The van der Waals surface area contributed by atoms with Crippen LogP contribution in [0.4, 0.5) is 10.5 Å². The number of ether oxygens (including phenoxy) is 4. The Labute approximate surface area is 157 Å². The van der Waals surface area contributed by atoms with Gasteiger partial charge in [0.25, 0.3) is 0 Å². The molecule has 1 aliphatic heterocycles.